The monoisotopic (exact) mass is 382 g/mol. The maximum atomic E-state index is 12.4. The van der Waals surface area contributed by atoms with Gasteiger partial charge in [0.2, 0.25) is 11.8 Å². The number of amides is 2. The van der Waals surface area contributed by atoms with Crippen molar-refractivity contribution in [2.75, 3.05) is 18.4 Å². The number of carbonyl (C=O) groups excluding carboxylic acids is 2. The summed E-state index contributed by atoms with van der Waals surface area (Å²) < 4.78 is 0. The van der Waals surface area contributed by atoms with E-state index in [4.69, 9.17) is 0 Å². The average Bonchev–Trinajstić information content (AvgIpc) is 3.46. The maximum absolute atomic E-state index is 12.4. The zero-order valence-corrected chi connectivity index (χ0v) is 16.7. The van der Waals surface area contributed by atoms with Gasteiger partial charge in [-0.1, -0.05) is 19.8 Å². The van der Waals surface area contributed by atoms with Crippen molar-refractivity contribution in [1.29, 1.82) is 0 Å². The van der Waals surface area contributed by atoms with Gasteiger partial charge in [0.05, 0.1) is 0 Å². The second kappa shape index (κ2) is 8.33. The first-order valence-electron chi connectivity index (χ1n) is 10.7. The first-order chi connectivity index (χ1) is 13.7. The molecule has 28 heavy (non-hydrogen) atoms. The number of aromatic amines is 1. The number of aromatic nitrogens is 2. The molecule has 0 aromatic carbocycles. The highest BCUT2D eigenvalue weighted by Gasteiger charge is 2.30. The van der Waals surface area contributed by atoms with E-state index in [0.717, 1.165) is 69.1 Å². The van der Waals surface area contributed by atoms with Crippen molar-refractivity contribution < 1.29 is 9.59 Å². The molecule has 2 N–H and O–H groups in total. The molecule has 0 bridgehead atoms. The predicted molar refractivity (Wildman–Crippen MR) is 110 cm³/mol. The van der Waals surface area contributed by atoms with Gasteiger partial charge in [-0.3, -0.25) is 9.59 Å². The molecular formula is C22H30N4O2. The highest BCUT2D eigenvalue weighted by atomic mass is 16.2. The molecule has 0 spiro atoms. The number of nitrogens with zero attached hydrogens (tertiary/aromatic N) is 2. The quantitative estimate of drug-likeness (QED) is 0.705. The summed E-state index contributed by atoms with van der Waals surface area (Å²) >= 11 is 0. The summed E-state index contributed by atoms with van der Waals surface area (Å²) in [5, 5.41) is 4.11. The number of piperidine rings is 1. The van der Waals surface area contributed by atoms with E-state index >= 15 is 0 Å². The van der Waals surface area contributed by atoms with Crippen LogP contribution in [0.4, 0.5) is 5.82 Å². The fourth-order valence-corrected chi connectivity index (χ4v) is 4.16. The van der Waals surface area contributed by atoms with Crippen LogP contribution in [0, 0.1) is 5.92 Å². The SMILES string of the molecule is CCCCCC(=O)N1CCC(c2cc(NC(=O)C3CC3)nc3[nH]ccc23)CC1. The zero-order chi connectivity index (χ0) is 19.5. The van der Waals surface area contributed by atoms with Gasteiger partial charge in [0.1, 0.15) is 11.5 Å². The molecule has 3 heterocycles. The van der Waals surface area contributed by atoms with Gasteiger partial charge in [-0.05, 0) is 55.7 Å². The molecule has 2 amide bonds. The van der Waals surface area contributed by atoms with Gasteiger partial charge in [-0.2, -0.15) is 0 Å². The second-order valence-corrected chi connectivity index (χ2v) is 8.21. The molecule has 6 nitrogen and oxygen atoms in total. The molecule has 2 fully saturated rings. The summed E-state index contributed by atoms with van der Waals surface area (Å²) in [5.74, 6) is 1.56. The first-order valence-corrected chi connectivity index (χ1v) is 10.7. The molecule has 0 unspecified atom stereocenters. The number of likely N-dealkylation sites (tertiary alicyclic amines) is 1. The van der Waals surface area contributed by atoms with Gasteiger partial charge in [0.15, 0.2) is 0 Å². The minimum Gasteiger partial charge on any atom is -0.346 e. The van der Waals surface area contributed by atoms with Gasteiger partial charge in [-0.25, -0.2) is 4.98 Å². The third-order valence-electron chi connectivity index (χ3n) is 6.04. The molecule has 1 aliphatic carbocycles. The van der Waals surface area contributed by atoms with Crippen LogP contribution in [-0.2, 0) is 9.59 Å². The fraction of sp³-hybridized carbons (Fsp3) is 0.591. The fourth-order valence-electron chi connectivity index (χ4n) is 4.16. The molecule has 1 saturated heterocycles. The number of anilines is 1. The molecule has 2 aliphatic rings. The normalized spacial score (nSPS) is 17.8. The van der Waals surface area contributed by atoms with Crippen LogP contribution in [0.25, 0.3) is 11.0 Å². The Bertz CT molecular complexity index is 847. The average molecular weight is 383 g/mol. The number of hydrogen-bond donors (Lipinski definition) is 2. The number of pyridine rings is 1. The van der Waals surface area contributed by atoms with Gasteiger partial charge in [0, 0.05) is 37.0 Å². The van der Waals surface area contributed by atoms with Crippen LogP contribution in [0.2, 0.25) is 0 Å². The molecule has 2 aromatic rings. The van der Waals surface area contributed by atoms with Gasteiger partial charge < -0.3 is 15.2 Å². The molecule has 1 aliphatic heterocycles. The molecule has 2 aromatic heterocycles. The first kappa shape index (κ1) is 19.0. The molecule has 1 saturated carbocycles. The molecule has 6 heteroatoms. The number of nitrogens with one attached hydrogen (secondary N) is 2. The van der Waals surface area contributed by atoms with E-state index in [-0.39, 0.29) is 11.8 Å². The molecule has 0 atom stereocenters. The maximum Gasteiger partial charge on any atom is 0.228 e. The van der Waals surface area contributed by atoms with Crippen molar-refractivity contribution in [1.82, 2.24) is 14.9 Å². The van der Waals surface area contributed by atoms with E-state index < -0.39 is 0 Å². The van der Waals surface area contributed by atoms with Crippen molar-refractivity contribution >= 4 is 28.7 Å². The van der Waals surface area contributed by atoms with E-state index in [1.54, 1.807) is 0 Å². The van der Waals surface area contributed by atoms with E-state index in [2.05, 4.69) is 28.3 Å². The van der Waals surface area contributed by atoms with Crippen molar-refractivity contribution in [2.45, 2.75) is 64.2 Å². The van der Waals surface area contributed by atoms with Crippen LogP contribution in [0.1, 0.15) is 69.8 Å². The molecular weight excluding hydrogens is 352 g/mol. The number of unbranched alkanes of at least 4 members (excludes halogenated alkanes) is 2. The Morgan fingerprint density at radius 2 is 2.00 bits per heavy atom. The Balaban J connectivity index is 1.44. The summed E-state index contributed by atoms with van der Waals surface area (Å²) in [6.45, 7) is 3.79. The molecule has 150 valence electrons. The zero-order valence-electron chi connectivity index (χ0n) is 16.7. The number of fused-ring (bicyclic) bond motifs is 1. The summed E-state index contributed by atoms with van der Waals surface area (Å²) in [5.41, 5.74) is 2.05. The summed E-state index contributed by atoms with van der Waals surface area (Å²) in [7, 11) is 0. The lowest BCUT2D eigenvalue weighted by atomic mass is 9.88. The summed E-state index contributed by atoms with van der Waals surface area (Å²) in [6.07, 6.45) is 9.71. The van der Waals surface area contributed by atoms with Crippen LogP contribution in [0.3, 0.4) is 0 Å². The van der Waals surface area contributed by atoms with Crippen molar-refractivity contribution in [3.63, 3.8) is 0 Å². The van der Waals surface area contributed by atoms with E-state index in [9.17, 15) is 9.59 Å². The van der Waals surface area contributed by atoms with Crippen molar-refractivity contribution in [3.05, 3.63) is 23.9 Å². The minimum absolute atomic E-state index is 0.0804. The highest BCUT2D eigenvalue weighted by Crippen LogP contribution is 2.35. The van der Waals surface area contributed by atoms with Crippen LogP contribution >= 0.6 is 0 Å². The Kier molecular flexibility index (Phi) is 5.64. The van der Waals surface area contributed by atoms with Gasteiger partial charge >= 0.3 is 0 Å². The van der Waals surface area contributed by atoms with Crippen LogP contribution in [0.15, 0.2) is 18.3 Å². The van der Waals surface area contributed by atoms with E-state index in [1.165, 1.54) is 5.56 Å². The van der Waals surface area contributed by atoms with Gasteiger partial charge in [0.25, 0.3) is 0 Å². The van der Waals surface area contributed by atoms with Crippen LogP contribution in [-0.4, -0.2) is 39.8 Å². The smallest absolute Gasteiger partial charge is 0.228 e. The van der Waals surface area contributed by atoms with Crippen molar-refractivity contribution in [2.24, 2.45) is 5.92 Å². The highest BCUT2D eigenvalue weighted by molar-refractivity contribution is 5.94. The minimum atomic E-state index is 0.0804. The largest absolute Gasteiger partial charge is 0.346 e. The van der Waals surface area contributed by atoms with Crippen LogP contribution in [0.5, 0.6) is 0 Å². The van der Waals surface area contributed by atoms with E-state index in [0.29, 0.717) is 24.1 Å². The Morgan fingerprint density at radius 1 is 1.21 bits per heavy atom. The van der Waals surface area contributed by atoms with Gasteiger partial charge in [-0.15, -0.1) is 0 Å². The number of carbonyl (C=O) groups is 2. The number of hydrogen-bond acceptors (Lipinski definition) is 3. The van der Waals surface area contributed by atoms with Crippen LogP contribution < -0.4 is 5.32 Å². The Labute approximate surface area is 166 Å². The predicted octanol–water partition coefficient (Wildman–Crippen LogP) is 4.20. The molecule has 0 radical (unpaired) electrons. The molecule has 4 rings (SSSR count). The Morgan fingerprint density at radius 3 is 2.71 bits per heavy atom. The number of H-pyrrole nitrogens is 1. The Hall–Kier alpha value is -2.37. The lowest BCUT2D eigenvalue weighted by Gasteiger charge is -2.32. The van der Waals surface area contributed by atoms with E-state index in [1.807, 2.05) is 17.2 Å². The third kappa shape index (κ3) is 4.21. The lowest BCUT2D eigenvalue weighted by Crippen LogP contribution is -2.37. The summed E-state index contributed by atoms with van der Waals surface area (Å²) in [6, 6.07) is 4.10. The number of rotatable bonds is 7. The third-order valence-corrected chi connectivity index (χ3v) is 6.04. The summed E-state index contributed by atoms with van der Waals surface area (Å²) in [4.78, 5) is 34.3. The topological polar surface area (TPSA) is 78.1 Å². The van der Waals surface area contributed by atoms with Crippen molar-refractivity contribution in [3.8, 4) is 0 Å². The lowest BCUT2D eigenvalue weighted by molar-refractivity contribution is -0.132. The second-order valence-electron chi connectivity index (χ2n) is 8.21. The standard InChI is InChI=1S/C22H30N4O2/c1-2-3-4-5-20(27)26-12-9-15(10-13-26)18-14-19(25-22(28)16-6-7-16)24-21-17(18)8-11-23-21/h8,11,14-16H,2-7,9-10,12-13H2,1H3,(H2,23,24,25,28).